The van der Waals surface area contributed by atoms with E-state index in [0.717, 1.165) is 17.4 Å². The van der Waals surface area contributed by atoms with E-state index in [2.05, 4.69) is 60.3 Å². The van der Waals surface area contributed by atoms with Gasteiger partial charge in [-0.1, -0.05) is 44.7 Å². The molecule has 2 rings (SSSR count). The van der Waals surface area contributed by atoms with E-state index in [0.29, 0.717) is 0 Å². The zero-order valence-corrected chi connectivity index (χ0v) is 13.3. The van der Waals surface area contributed by atoms with Gasteiger partial charge in [0.05, 0.1) is 12.4 Å². The second kappa shape index (κ2) is 6.27. The Balaban J connectivity index is 2.12. The molecule has 0 saturated heterocycles. The van der Waals surface area contributed by atoms with Crippen molar-refractivity contribution in [1.29, 1.82) is 0 Å². The number of hydrogen-bond acceptors (Lipinski definition) is 4. The number of rotatable bonds is 4. The van der Waals surface area contributed by atoms with Crippen molar-refractivity contribution < 1.29 is 0 Å². The fourth-order valence-electron chi connectivity index (χ4n) is 1.81. The third-order valence-corrected chi connectivity index (χ3v) is 3.83. The maximum absolute atomic E-state index is 4.52. The van der Waals surface area contributed by atoms with Crippen molar-refractivity contribution in [3.8, 4) is 0 Å². The maximum Gasteiger partial charge on any atom is 0.145 e. The average molecular weight is 287 g/mol. The first-order chi connectivity index (χ1) is 9.49. The number of hydrogen-bond donors (Lipinski definition) is 1. The molecule has 4 heteroatoms. The molecule has 20 heavy (non-hydrogen) atoms. The lowest BCUT2D eigenvalue weighted by molar-refractivity contribution is 0.590. The van der Waals surface area contributed by atoms with Gasteiger partial charge in [0, 0.05) is 11.4 Å². The predicted molar refractivity (Wildman–Crippen MR) is 85.5 cm³/mol. The van der Waals surface area contributed by atoms with Crippen molar-refractivity contribution >= 4 is 17.6 Å². The Labute approximate surface area is 125 Å². The van der Waals surface area contributed by atoms with Gasteiger partial charge in [0.25, 0.3) is 0 Å². The zero-order valence-electron chi connectivity index (χ0n) is 12.5. The molecule has 0 unspecified atom stereocenters. The summed E-state index contributed by atoms with van der Waals surface area (Å²) in [5, 5.41) is 4.08. The molecule has 1 aromatic heterocycles. The van der Waals surface area contributed by atoms with Crippen LogP contribution in [-0.4, -0.2) is 16.5 Å². The van der Waals surface area contributed by atoms with E-state index in [4.69, 9.17) is 0 Å². The van der Waals surface area contributed by atoms with Crippen LogP contribution in [0.1, 0.15) is 33.3 Å². The second-order valence-corrected chi connectivity index (χ2v) is 6.74. The topological polar surface area (TPSA) is 37.8 Å². The van der Waals surface area contributed by atoms with Crippen LogP contribution in [0.4, 0.5) is 5.82 Å². The Kier molecular flexibility index (Phi) is 4.65. The third kappa shape index (κ3) is 3.97. The molecule has 0 bridgehead atoms. The summed E-state index contributed by atoms with van der Waals surface area (Å²) >= 11 is 1.63. The standard InChI is InChI=1S/C16H21N3S/c1-5-18-14-10-17-11-15(19-14)20-13-8-6-12(7-9-13)16(2,3)4/h6-11H,5H2,1-4H3,(H,18,19). The number of benzene rings is 1. The van der Waals surface area contributed by atoms with Gasteiger partial charge < -0.3 is 5.32 Å². The molecule has 106 valence electrons. The maximum atomic E-state index is 4.52. The van der Waals surface area contributed by atoms with Crippen molar-refractivity contribution in [1.82, 2.24) is 9.97 Å². The highest BCUT2D eigenvalue weighted by atomic mass is 32.2. The van der Waals surface area contributed by atoms with E-state index < -0.39 is 0 Å². The molecule has 0 aliphatic rings. The molecule has 2 aromatic rings. The van der Waals surface area contributed by atoms with Crippen LogP contribution in [0.2, 0.25) is 0 Å². The highest BCUT2D eigenvalue weighted by molar-refractivity contribution is 7.99. The summed E-state index contributed by atoms with van der Waals surface area (Å²) in [5.74, 6) is 0.823. The molecular formula is C16H21N3S. The van der Waals surface area contributed by atoms with E-state index >= 15 is 0 Å². The van der Waals surface area contributed by atoms with E-state index in [-0.39, 0.29) is 5.41 Å². The normalized spacial score (nSPS) is 11.4. The van der Waals surface area contributed by atoms with Crippen LogP contribution in [0.3, 0.4) is 0 Å². The summed E-state index contributed by atoms with van der Waals surface area (Å²) in [4.78, 5) is 9.91. The minimum atomic E-state index is 0.188. The fraction of sp³-hybridized carbons (Fsp3) is 0.375. The van der Waals surface area contributed by atoms with Crippen LogP contribution in [-0.2, 0) is 5.41 Å². The first-order valence-corrected chi connectivity index (χ1v) is 7.65. The molecule has 0 atom stereocenters. The second-order valence-electron chi connectivity index (χ2n) is 5.65. The molecule has 0 aliphatic heterocycles. The van der Waals surface area contributed by atoms with Crippen LogP contribution in [0, 0.1) is 0 Å². The van der Waals surface area contributed by atoms with E-state index in [9.17, 15) is 0 Å². The molecule has 1 heterocycles. The van der Waals surface area contributed by atoms with Gasteiger partial charge in [-0.15, -0.1) is 0 Å². The third-order valence-electron chi connectivity index (χ3n) is 2.91. The largest absolute Gasteiger partial charge is 0.369 e. The highest BCUT2D eigenvalue weighted by Crippen LogP contribution is 2.29. The summed E-state index contributed by atoms with van der Waals surface area (Å²) in [6.07, 6.45) is 3.54. The fourth-order valence-corrected chi connectivity index (χ4v) is 2.58. The van der Waals surface area contributed by atoms with Gasteiger partial charge in [0.2, 0.25) is 0 Å². The molecule has 0 saturated carbocycles. The van der Waals surface area contributed by atoms with Gasteiger partial charge in [-0.05, 0) is 30.0 Å². The van der Waals surface area contributed by atoms with Crippen LogP contribution in [0.25, 0.3) is 0 Å². The van der Waals surface area contributed by atoms with Crippen LogP contribution in [0.15, 0.2) is 46.6 Å². The van der Waals surface area contributed by atoms with Gasteiger partial charge in [0.15, 0.2) is 0 Å². The molecule has 0 amide bonds. The molecule has 1 N–H and O–H groups in total. The predicted octanol–water partition coefficient (Wildman–Crippen LogP) is 4.36. The smallest absolute Gasteiger partial charge is 0.145 e. The lowest BCUT2D eigenvalue weighted by atomic mass is 9.87. The first kappa shape index (κ1) is 14.9. The van der Waals surface area contributed by atoms with Crippen molar-refractivity contribution in [2.45, 2.75) is 43.0 Å². The van der Waals surface area contributed by atoms with Crippen LogP contribution in [0.5, 0.6) is 0 Å². The molecular weight excluding hydrogens is 266 g/mol. The van der Waals surface area contributed by atoms with Gasteiger partial charge in [-0.3, -0.25) is 4.98 Å². The monoisotopic (exact) mass is 287 g/mol. The van der Waals surface area contributed by atoms with E-state index in [1.54, 1.807) is 24.2 Å². The molecule has 0 radical (unpaired) electrons. The Morgan fingerprint density at radius 2 is 1.80 bits per heavy atom. The molecule has 0 spiro atoms. The van der Waals surface area contributed by atoms with Gasteiger partial charge in [-0.2, -0.15) is 0 Å². The first-order valence-electron chi connectivity index (χ1n) is 6.83. The summed E-state index contributed by atoms with van der Waals surface area (Å²) in [6.45, 7) is 9.57. The number of nitrogens with zero attached hydrogens (tertiary/aromatic N) is 2. The quantitative estimate of drug-likeness (QED) is 0.907. The van der Waals surface area contributed by atoms with Crippen LogP contribution < -0.4 is 5.32 Å². The van der Waals surface area contributed by atoms with Crippen molar-refractivity contribution in [3.63, 3.8) is 0 Å². The molecule has 1 aromatic carbocycles. The summed E-state index contributed by atoms with van der Waals surface area (Å²) in [6, 6.07) is 8.66. The number of anilines is 1. The van der Waals surface area contributed by atoms with Crippen molar-refractivity contribution in [3.05, 3.63) is 42.2 Å². The van der Waals surface area contributed by atoms with E-state index in [1.807, 2.05) is 6.92 Å². The minimum absolute atomic E-state index is 0.188. The zero-order chi connectivity index (χ0) is 14.6. The summed E-state index contributed by atoms with van der Waals surface area (Å²) in [5.41, 5.74) is 1.53. The Bertz CT molecular complexity index is 559. The highest BCUT2D eigenvalue weighted by Gasteiger charge is 2.13. The molecule has 0 fully saturated rings. The van der Waals surface area contributed by atoms with Gasteiger partial charge in [0.1, 0.15) is 10.8 Å². The SMILES string of the molecule is CCNc1cncc(Sc2ccc(C(C)(C)C)cc2)n1. The lowest BCUT2D eigenvalue weighted by Gasteiger charge is -2.18. The number of nitrogens with one attached hydrogen (secondary N) is 1. The Morgan fingerprint density at radius 3 is 2.40 bits per heavy atom. The Hall–Kier alpha value is -1.55. The van der Waals surface area contributed by atoms with Crippen molar-refractivity contribution in [2.24, 2.45) is 0 Å². The Morgan fingerprint density at radius 1 is 1.10 bits per heavy atom. The lowest BCUT2D eigenvalue weighted by Crippen LogP contribution is -2.10. The van der Waals surface area contributed by atoms with E-state index in [1.165, 1.54) is 10.5 Å². The number of aromatic nitrogens is 2. The minimum Gasteiger partial charge on any atom is -0.369 e. The molecule has 3 nitrogen and oxygen atoms in total. The summed E-state index contributed by atoms with van der Waals surface area (Å²) in [7, 11) is 0. The molecule has 0 aliphatic carbocycles. The average Bonchev–Trinajstić information content (AvgIpc) is 2.39. The van der Waals surface area contributed by atoms with Gasteiger partial charge >= 0.3 is 0 Å². The van der Waals surface area contributed by atoms with Gasteiger partial charge in [-0.25, -0.2) is 4.98 Å². The van der Waals surface area contributed by atoms with Crippen molar-refractivity contribution in [2.75, 3.05) is 11.9 Å². The van der Waals surface area contributed by atoms with Crippen LogP contribution >= 0.6 is 11.8 Å². The summed E-state index contributed by atoms with van der Waals surface area (Å²) < 4.78 is 0.